The van der Waals surface area contributed by atoms with Crippen LogP contribution in [0.3, 0.4) is 0 Å². The minimum atomic E-state index is -3.23. The van der Waals surface area contributed by atoms with Gasteiger partial charge in [-0.05, 0) is 31.1 Å². The van der Waals surface area contributed by atoms with Gasteiger partial charge in [-0.25, -0.2) is 13.6 Å². The molecule has 2 saturated carbocycles. The molecule has 2 N–H and O–H groups in total. The molecule has 64 valence electrons. The van der Waals surface area contributed by atoms with Crippen LogP contribution in [-0.2, 0) is 10.0 Å². The number of primary sulfonamides is 1. The molecule has 3 nitrogen and oxygen atoms in total. The Morgan fingerprint density at radius 2 is 1.91 bits per heavy atom. The van der Waals surface area contributed by atoms with E-state index in [2.05, 4.69) is 0 Å². The van der Waals surface area contributed by atoms with Crippen molar-refractivity contribution >= 4 is 10.0 Å². The molecule has 0 aliphatic heterocycles. The molecule has 2 aliphatic carbocycles. The molecule has 0 aromatic heterocycles. The van der Waals surface area contributed by atoms with Crippen LogP contribution in [0.15, 0.2) is 0 Å². The lowest BCUT2D eigenvalue weighted by Crippen LogP contribution is -2.32. The van der Waals surface area contributed by atoms with E-state index in [1.165, 1.54) is 6.42 Å². The summed E-state index contributed by atoms with van der Waals surface area (Å²) < 4.78 is 22.0. The van der Waals surface area contributed by atoms with E-state index in [1.54, 1.807) is 0 Å². The summed E-state index contributed by atoms with van der Waals surface area (Å²) in [6.45, 7) is 0. The molecule has 3 atom stereocenters. The van der Waals surface area contributed by atoms with E-state index in [9.17, 15) is 8.42 Å². The standard InChI is InChI=1S/C7H13NO2S/c8-11(9,10)7-4-5-1-2-6(7)3-5/h5-7H,1-4H2,(H2,8,9,10). The van der Waals surface area contributed by atoms with Gasteiger partial charge in [0.2, 0.25) is 10.0 Å². The molecule has 0 spiro atoms. The first-order valence-corrected chi connectivity index (χ1v) is 5.70. The number of hydrogen-bond donors (Lipinski definition) is 1. The summed E-state index contributed by atoms with van der Waals surface area (Å²) >= 11 is 0. The van der Waals surface area contributed by atoms with Crippen molar-refractivity contribution < 1.29 is 8.42 Å². The second kappa shape index (κ2) is 2.20. The number of rotatable bonds is 1. The lowest BCUT2D eigenvalue weighted by molar-refractivity contribution is 0.465. The average Bonchev–Trinajstić information content (AvgIpc) is 2.42. The molecule has 2 aliphatic rings. The predicted molar refractivity (Wildman–Crippen MR) is 42.3 cm³/mol. The van der Waals surface area contributed by atoms with Gasteiger partial charge in [-0.15, -0.1) is 0 Å². The van der Waals surface area contributed by atoms with Crippen LogP contribution in [0.25, 0.3) is 0 Å². The number of sulfonamides is 1. The van der Waals surface area contributed by atoms with Gasteiger partial charge in [-0.2, -0.15) is 0 Å². The summed E-state index contributed by atoms with van der Waals surface area (Å²) in [5.41, 5.74) is 0. The summed E-state index contributed by atoms with van der Waals surface area (Å²) in [6.07, 6.45) is 4.22. The fourth-order valence-electron chi connectivity index (χ4n) is 2.59. The molecule has 2 fully saturated rings. The Bertz CT molecular complexity index is 260. The highest BCUT2D eigenvalue weighted by molar-refractivity contribution is 7.89. The summed E-state index contributed by atoms with van der Waals surface area (Å²) in [6, 6.07) is 0. The van der Waals surface area contributed by atoms with Gasteiger partial charge in [0.15, 0.2) is 0 Å². The molecule has 0 amide bonds. The molecule has 4 heteroatoms. The van der Waals surface area contributed by atoms with Crippen molar-refractivity contribution in [1.29, 1.82) is 0 Å². The quantitative estimate of drug-likeness (QED) is 0.629. The van der Waals surface area contributed by atoms with E-state index in [-0.39, 0.29) is 5.25 Å². The highest BCUT2D eigenvalue weighted by Gasteiger charge is 2.44. The topological polar surface area (TPSA) is 60.2 Å². The van der Waals surface area contributed by atoms with Crippen molar-refractivity contribution in [2.75, 3.05) is 0 Å². The van der Waals surface area contributed by atoms with Gasteiger partial charge < -0.3 is 0 Å². The van der Waals surface area contributed by atoms with Crippen LogP contribution in [0.1, 0.15) is 25.7 Å². The fourth-order valence-corrected chi connectivity index (χ4v) is 3.91. The van der Waals surface area contributed by atoms with Crippen LogP contribution < -0.4 is 5.14 Å². The van der Waals surface area contributed by atoms with Crippen molar-refractivity contribution in [2.24, 2.45) is 17.0 Å². The molecule has 2 bridgehead atoms. The molecule has 0 aromatic rings. The van der Waals surface area contributed by atoms with Crippen LogP contribution >= 0.6 is 0 Å². The van der Waals surface area contributed by atoms with Gasteiger partial charge in [-0.3, -0.25) is 0 Å². The zero-order valence-corrected chi connectivity index (χ0v) is 7.18. The highest BCUT2D eigenvalue weighted by atomic mass is 32.2. The van der Waals surface area contributed by atoms with E-state index >= 15 is 0 Å². The number of nitrogens with two attached hydrogens (primary N) is 1. The van der Waals surface area contributed by atoms with Gasteiger partial charge in [0.05, 0.1) is 5.25 Å². The molecular weight excluding hydrogens is 162 g/mol. The lowest BCUT2D eigenvalue weighted by atomic mass is 10.0. The molecule has 0 heterocycles. The van der Waals surface area contributed by atoms with Crippen LogP contribution in [0.4, 0.5) is 0 Å². The minimum Gasteiger partial charge on any atom is -0.228 e. The van der Waals surface area contributed by atoms with Gasteiger partial charge in [-0.1, -0.05) is 6.42 Å². The zero-order valence-electron chi connectivity index (χ0n) is 6.36. The second-order valence-electron chi connectivity index (χ2n) is 3.80. The van der Waals surface area contributed by atoms with Crippen molar-refractivity contribution in [3.05, 3.63) is 0 Å². The Balaban J connectivity index is 2.21. The van der Waals surface area contributed by atoms with Gasteiger partial charge in [0, 0.05) is 0 Å². The van der Waals surface area contributed by atoms with E-state index in [0.717, 1.165) is 19.3 Å². The Morgan fingerprint density at radius 1 is 1.18 bits per heavy atom. The van der Waals surface area contributed by atoms with E-state index < -0.39 is 10.0 Å². The largest absolute Gasteiger partial charge is 0.228 e. The Kier molecular flexibility index (Phi) is 1.51. The minimum absolute atomic E-state index is 0.207. The lowest BCUT2D eigenvalue weighted by Gasteiger charge is -2.18. The Morgan fingerprint density at radius 3 is 2.18 bits per heavy atom. The number of fused-ring (bicyclic) bond motifs is 2. The SMILES string of the molecule is NS(=O)(=O)C1CC2CCC1C2. The van der Waals surface area contributed by atoms with Gasteiger partial charge in [0.1, 0.15) is 0 Å². The van der Waals surface area contributed by atoms with Crippen LogP contribution in [0.5, 0.6) is 0 Å². The van der Waals surface area contributed by atoms with E-state index in [0.29, 0.717) is 11.8 Å². The third-order valence-corrected chi connectivity index (χ3v) is 4.52. The predicted octanol–water partition coefficient (Wildman–Crippen LogP) is 0.464. The monoisotopic (exact) mass is 175 g/mol. The first-order valence-electron chi connectivity index (χ1n) is 4.09. The zero-order chi connectivity index (χ0) is 8.06. The van der Waals surface area contributed by atoms with Crippen LogP contribution in [0.2, 0.25) is 0 Å². The summed E-state index contributed by atoms with van der Waals surface area (Å²) in [4.78, 5) is 0. The fraction of sp³-hybridized carbons (Fsp3) is 1.00. The molecule has 0 radical (unpaired) electrons. The van der Waals surface area contributed by atoms with E-state index in [4.69, 9.17) is 5.14 Å². The Labute approximate surface area is 67.0 Å². The highest BCUT2D eigenvalue weighted by Crippen LogP contribution is 2.46. The molecule has 0 saturated heterocycles. The maximum atomic E-state index is 11.0. The second-order valence-corrected chi connectivity index (χ2v) is 5.59. The first kappa shape index (κ1) is 7.55. The maximum absolute atomic E-state index is 11.0. The molecule has 2 rings (SSSR count). The third-order valence-electron chi connectivity index (χ3n) is 3.10. The van der Waals surface area contributed by atoms with Crippen LogP contribution in [-0.4, -0.2) is 13.7 Å². The molecule has 11 heavy (non-hydrogen) atoms. The van der Waals surface area contributed by atoms with Crippen molar-refractivity contribution in [1.82, 2.24) is 0 Å². The maximum Gasteiger partial charge on any atom is 0.212 e. The Hall–Kier alpha value is -0.0900. The summed E-state index contributed by atoms with van der Waals surface area (Å²) in [5.74, 6) is 1.04. The normalized spacial score (nSPS) is 43.2. The van der Waals surface area contributed by atoms with Gasteiger partial charge in [0.25, 0.3) is 0 Å². The van der Waals surface area contributed by atoms with Crippen molar-refractivity contribution in [3.8, 4) is 0 Å². The van der Waals surface area contributed by atoms with Crippen molar-refractivity contribution in [3.63, 3.8) is 0 Å². The summed E-state index contributed by atoms with van der Waals surface area (Å²) in [5, 5.41) is 4.89. The number of hydrogen-bond acceptors (Lipinski definition) is 2. The average molecular weight is 175 g/mol. The van der Waals surface area contributed by atoms with Crippen LogP contribution in [0, 0.1) is 11.8 Å². The first-order chi connectivity index (χ1) is 5.07. The molecular formula is C7H13NO2S. The molecule has 3 unspecified atom stereocenters. The summed E-state index contributed by atoms with van der Waals surface area (Å²) in [7, 11) is -3.23. The van der Waals surface area contributed by atoms with Gasteiger partial charge >= 0.3 is 0 Å². The molecule has 0 aromatic carbocycles. The third kappa shape index (κ3) is 1.18. The smallest absolute Gasteiger partial charge is 0.212 e. The van der Waals surface area contributed by atoms with E-state index in [1.807, 2.05) is 0 Å². The van der Waals surface area contributed by atoms with Crippen molar-refractivity contribution in [2.45, 2.75) is 30.9 Å².